The van der Waals surface area contributed by atoms with Crippen LogP contribution in [0.2, 0.25) is 0 Å². The average molecular weight is 333 g/mol. The molecule has 0 bridgehead atoms. The predicted octanol–water partition coefficient (Wildman–Crippen LogP) is 3.36. The molecule has 1 saturated heterocycles. The molecule has 1 aliphatic heterocycles. The van der Waals surface area contributed by atoms with Gasteiger partial charge in [-0.3, -0.25) is 0 Å². The Balaban J connectivity index is 1.46. The van der Waals surface area contributed by atoms with Gasteiger partial charge in [0.15, 0.2) is 0 Å². The molecular formula is C17H20FN3OS. The third kappa shape index (κ3) is 4.28. The number of halogens is 1. The van der Waals surface area contributed by atoms with Crippen LogP contribution in [0.3, 0.4) is 0 Å². The van der Waals surface area contributed by atoms with Gasteiger partial charge >= 0.3 is 6.03 Å². The van der Waals surface area contributed by atoms with Gasteiger partial charge in [0.25, 0.3) is 0 Å². The number of amides is 2. The largest absolute Gasteiger partial charge is 0.331 e. The third-order valence-electron chi connectivity index (χ3n) is 4.07. The molecule has 1 atom stereocenters. The Morgan fingerprint density at radius 2 is 2.22 bits per heavy atom. The fourth-order valence-electron chi connectivity index (χ4n) is 2.88. The van der Waals surface area contributed by atoms with E-state index in [1.807, 2.05) is 29.3 Å². The zero-order valence-corrected chi connectivity index (χ0v) is 13.9. The van der Waals surface area contributed by atoms with Crippen LogP contribution in [0.1, 0.15) is 22.7 Å². The fraction of sp³-hybridized carbons (Fsp3) is 0.412. The molecule has 0 spiro atoms. The van der Waals surface area contributed by atoms with E-state index in [1.54, 1.807) is 11.3 Å². The fourth-order valence-corrected chi connectivity index (χ4v) is 3.60. The highest BCUT2D eigenvalue weighted by atomic mass is 32.1. The van der Waals surface area contributed by atoms with Gasteiger partial charge in [-0.05, 0) is 43.4 Å². The van der Waals surface area contributed by atoms with Crippen molar-refractivity contribution < 1.29 is 9.18 Å². The van der Waals surface area contributed by atoms with Gasteiger partial charge in [0.05, 0.1) is 6.54 Å². The summed E-state index contributed by atoms with van der Waals surface area (Å²) in [5.74, 6) is 0.229. The molecule has 1 aliphatic rings. The lowest BCUT2D eigenvalue weighted by molar-refractivity contribution is 0.206. The zero-order chi connectivity index (χ0) is 16.2. The second-order valence-corrected chi connectivity index (χ2v) is 6.92. The number of aryl methyl sites for hydroxylation is 1. The molecule has 1 N–H and O–H groups in total. The molecule has 122 valence electrons. The number of urea groups is 1. The summed E-state index contributed by atoms with van der Waals surface area (Å²) in [6, 6.07) is 6.60. The van der Waals surface area contributed by atoms with Crippen LogP contribution in [0.25, 0.3) is 0 Å². The summed E-state index contributed by atoms with van der Waals surface area (Å²) in [6.45, 7) is 3.95. The highest BCUT2D eigenvalue weighted by molar-refractivity contribution is 7.09. The molecule has 0 radical (unpaired) electrons. The average Bonchev–Trinajstić information content (AvgIpc) is 3.16. The van der Waals surface area contributed by atoms with Gasteiger partial charge in [-0.15, -0.1) is 11.3 Å². The molecule has 0 aliphatic carbocycles. The van der Waals surface area contributed by atoms with Crippen molar-refractivity contribution in [3.05, 3.63) is 51.7 Å². The summed E-state index contributed by atoms with van der Waals surface area (Å²) in [5.41, 5.74) is 2.11. The van der Waals surface area contributed by atoms with E-state index in [1.165, 1.54) is 12.1 Å². The molecule has 4 nitrogen and oxygen atoms in total. The Bertz CT molecular complexity index is 671. The van der Waals surface area contributed by atoms with Crippen molar-refractivity contribution in [2.45, 2.75) is 26.3 Å². The van der Waals surface area contributed by atoms with Crippen LogP contribution < -0.4 is 5.32 Å². The van der Waals surface area contributed by atoms with Gasteiger partial charge in [0.1, 0.15) is 10.8 Å². The first-order valence-corrected chi connectivity index (χ1v) is 8.66. The van der Waals surface area contributed by atoms with Crippen LogP contribution in [-0.4, -0.2) is 29.0 Å². The first kappa shape index (κ1) is 15.9. The van der Waals surface area contributed by atoms with Gasteiger partial charge in [-0.1, -0.05) is 12.1 Å². The quantitative estimate of drug-likeness (QED) is 0.932. The molecule has 3 rings (SSSR count). The van der Waals surface area contributed by atoms with Gasteiger partial charge in [-0.25, -0.2) is 14.2 Å². The normalized spacial score (nSPS) is 17.5. The van der Waals surface area contributed by atoms with E-state index in [-0.39, 0.29) is 11.8 Å². The summed E-state index contributed by atoms with van der Waals surface area (Å²) in [4.78, 5) is 18.4. The molecule has 0 saturated carbocycles. The first-order valence-electron chi connectivity index (χ1n) is 7.78. The number of hydrogen-bond acceptors (Lipinski definition) is 3. The van der Waals surface area contributed by atoms with Gasteiger partial charge < -0.3 is 10.2 Å². The Kier molecular flexibility index (Phi) is 4.91. The highest BCUT2D eigenvalue weighted by Gasteiger charge is 2.26. The van der Waals surface area contributed by atoms with E-state index in [2.05, 4.69) is 10.3 Å². The number of carbonyl (C=O) groups excluding carboxylic acids is 1. The molecule has 2 heterocycles. The number of likely N-dealkylation sites (tertiary alicyclic amines) is 1. The molecule has 1 unspecified atom stereocenters. The van der Waals surface area contributed by atoms with Crippen molar-refractivity contribution in [1.82, 2.24) is 15.2 Å². The number of carbonyl (C=O) groups is 1. The SMILES string of the molecule is Cc1csc(CNC(=O)N2CCC(Cc3ccc(F)cc3)C2)n1. The van der Waals surface area contributed by atoms with Gasteiger partial charge in [-0.2, -0.15) is 0 Å². The maximum atomic E-state index is 12.9. The van der Waals surface area contributed by atoms with Crippen molar-refractivity contribution in [3.63, 3.8) is 0 Å². The maximum Gasteiger partial charge on any atom is 0.317 e. The smallest absolute Gasteiger partial charge is 0.317 e. The van der Waals surface area contributed by atoms with Crippen LogP contribution in [0.15, 0.2) is 29.6 Å². The summed E-state index contributed by atoms with van der Waals surface area (Å²) < 4.78 is 12.9. The van der Waals surface area contributed by atoms with Crippen LogP contribution >= 0.6 is 11.3 Å². The molecule has 2 aromatic rings. The standard InChI is InChI=1S/C17H20FN3OS/c1-12-11-23-16(20-12)9-19-17(22)21-7-6-14(10-21)8-13-2-4-15(18)5-3-13/h2-5,11,14H,6-10H2,1H3,(H,19,22). The Labute approximate surface area is 139 Å². The van der Waals surface area contributed by atoms with Crippen LogP contribution in [0, 0.1) is 18.7 Å². The summed E-state index contributed by atoms with van der Waals surface area (Å²) in [6.07, 6.45) is 1.87. The molecule has 23 heavy (non-hydrogen) atoms. The van der Waals surface area contributed by atoms with Gasteiger partial charge in [0.2, 0.25) is 0 Å². The molecular weight excluding hydrogens is 313 g/mol. The predicted molar refractivity (Wildman–Crippen MR) is 88.9 cm³/mol. The summed E-state index contributed by atoms with van der Waals surface area (Å²) in [5, 5.41) is 5.84. The molecule has 6 heteroatoms. The maximum absolute atomic E-state index is 12.9. The van der Waals surface area contributed by atoms with Crippen LogP contribution in [0.5, 0.6) is 0 Å². The third-order valence-corrected chi connectivity index (χ3v) is 5.03. The second kappa shape index (κ2) is 7.08. The summed E-state index contributed by atoms with van der Waals surface area (Å²) in [7, 11) is 0. The van der Waals surface area contributed by atoms with E-state index in [9.17, 15) is 9.18 Å². The van der Waals surface area contributed by atoms with E-state index < -0.39 is 0 Å². The lowest BCUT2D eigenvalue weighted by Gasteiger charge is -2.17. The zero-order valence-electron chi connectivity index (χ0n) is 13.1. The first-order chi connectivity index (χ1) is 11.1. The van der Waals surface area contributed by atoms with Crippen LogP contribution in [-0.2, 0) is 13.0 Å². The van der Waals surface area contributed by atoms with Crippen LogP contribution in [0.4, 0.5) is 9.18 Å². The van der Waals surface area contributed by atoms with Crippen molar-refractivity contribution >= 4 is 17.4 Å². The number of rotatable bonds is 4. The number of benzene rings is 1. The van der Waals surface area contributed by atoms with E-state index in [4.69, 9.17) is 0 Å². The van der Waals surface area contributed by atoms with Crippen molar-refractivity contribution in [2.24, 2.45) is 5.92 Å². The number of aromatic nitrogens is 1. The van der Waals surface area contributed by atoms with Crippen molar-refractivity contribution in [3.8, 4) is 0 Å². The van der Waals surface area contributed by atoms with Gasteiger partial charge in [0, 0.05) is 24.2 Å². The summed E-state index contributed by atoms with van der Waals surface area (Å²) >= 11 is 1.56. The Hall–Kier alpha value is -1.95. The number of thiazole rings is 1. The minimum Gasteiger partial charge on any atom is -0.331 e. The van der Waals surface area contributed by atoms with Crippen molar-refractivity contribution in [2.75, 3.05) is 13.1 Å². The lowest BCUT2D eigenvalue weighted by Crippen LogP contribution is -2.38. The Morgan fingerprint density at radius 3 is 2.91 bits per heavy atom. The highest BCUT2D eigenvalue weighted by Crippen LogP contribution is 2.21. The minimum atomic E-state index is -0.210. The lowest BCUT2D eigenvalue weighted by atomic mass is 9.99. The van der Waals surface area contributed by atoms with E-state index in [0.717, 1.165) is 42.2 Å². The molecule has 2 amide bonds. The molecule has 1 aromatic carbocycles. The number of nitrogens with zero attached hydrogens (tertiary/aromatic N) is 2. The number of hydrogen-bond donors (Lipinski definition) is 1. The topological polar surface area (TPSA) is 45.2 Å². The van der Waals surface area contributed by atoms with E-state index in [0.29, 0.717) is 12.5 Å². The van der Waals surface area contributed by atoms with E-state index >= 15 is 0 Å². The number of nitrogens with one attached hydrogen (secondary N) is 1. The minimum absolute atomic E-state index is 0.0283. The molecule has 1 aromatic heterocycles. The van der Waals surface area contributed by atoms with Crippen molar-refractivity contribution in [1.29, 1.82) is 0 Å². The monoisotopic (exact) mass is 333 g/mol. The Morgan fingerprint density at radius 1 is 1.43 bits per heavy atom. The second-order valence-electron chi connectivity index (χ2n) is 5.97. The molecule has 1 fully saturated rings.